The Morgan fingerprint density at radius 1 is 1.03 bits per heavy atom. The summed E-state index contributed by atoms with van der Waals surface area (Å²) in [7, 11) is 0. The van der Waals surface area contributed by atoms with Crippen molar-refractivity contribution in [1.29, 1.82) is 0 Å². The molecule has 0 fully saturated rings. The number of ether oxygens (including phenoxy) is 1. The molecule has 0 aliphatic heterocycles. The van der Waals surface area contributed by atoms with Crippen molar-refractivity contribution in [1.82, 2.24) is 15.0 Å². The number of carboxylic acids is 1. The van der Waals surface area contributed by atoms with Gasteiger partial charge in [0.25, 0.3) is 0 Å². The van der Waals surface area contributed by atoms with Crippen molar-refractivity contribution in [3.05, 3.63) is 89.4 Å². The maximum absolute atomic E-state index is 13.1. The number of benzene rings is 2. The SMILES string of the molecule is CC(C)(C)c1cccc(NC(=O)C2CCc3ccc(Oc4ccnc(-c5ncc(C(=O)O)[nH]5)c4)cc3C2)c1. The number of pyridine rings is 1. The van der Waals surface area contributed by atoms with Gasteiger partial charge in [-0.25, -0.2) is 9.78 Å². The lowest BCUT2D eigenvalue weighted by Gasteiger charge is -2.25. The summed E-state index contributed by atoms with van der Waals surface area (Å²) < 4.78 is 6.10. The number of rotatable bonds is 6. The Morgan fingerprint density at radius 3 is 2.61 bits per heavy atom. The predicted molar refractivity (Wildman–Crippen MR) is 145 cm³/mol. The molecule has 0 radical (unpaired) electrons. The summed E-state index contributed by atoms with van der Waals surface area (Å²) in [4.78, 5) is 35.4. The van der Waals surface area contributed by atoms with Gasteiger partial charge < -0.3 is 20.1 Å². The van der Waals surface area contributed by atoms with Crippen LogP contribution < -0.4 is 10.1 Å². The first kappa shape index (κ1) is 25.2. The predicted octanol–water partition coefficient (Wildman–Crippen LogP) is 6.00. The van der Waals surface area contributed by atoms with Crippen LogP contribution in [0.15, 0.2) is 67.0 Å². The number of aromatic amines is 1. The summed E-state index contributed by atoms with van der Waals surface area (Å²) >= 11 is 0. The van der Waals surface area contributed by atoms with Gasteiger partial charge in [0.1, 0.15) is 22.9 Å². The number of nitrogens with one attached hydrogen (secondary N) is 2. The van der Waals surface area contributed by atoms with Crippen molar-refractivity contribution < 1.29 is 19.4 Å². The van der Waals surface area contributed by atoms with E-state index >= 15 is 0 Å². The van der Waals surface area contributed by atoms with Crippen LogP contribution in [0, 0.1) is 5.92 Å². The van der Waals surface area contributed by atoms with Gasteiger partial charge >= 0.3 is 5.97 Å². The third kappa shape index (κ3) is 5.59. The maximum atomic E-state index is 13.1. The number of aromatic carboxylic acids is 1. The molecule has 5 rings (SSSR count). The topological polar surface area (TPSA) is 117 Å². The standard InChI is InChI=1S/C30H30N4O4/c1-30(2,3)21-5-4-6-22(15-21)33-28(35)19-8-7-18-9-10-23(14-20(18)13-19)38-24-11-12-31-25(16-24)27-32-17-26(34-27)29(36)37/h4-6,9-12,14-17,19H,7-8,13H2,1-3H3,(H,32,34)(H,33,35)(H,36,37). The molecule has 8 heteroatoms. The van der Waals surface area contributed by atoms with Crippen molar-refractivity contribution in [3.63, 3.8) is 0 Å². The normalized spacial score (nSPS) is 15.0. The van der Waals surface area contributed by atoms with Crippen molar-refractivity contribution in [3.8, 4) is 23.0 Å². The summed E-state index contributed by atoms with van der Waals surface area (Å²) in [6.07, 6.45) is 5.11. The third-order valence-corrected chi connectivity index (χ3v) is 6.79. The van der Waals surface area contributed by atoms with Crippen LogP contribution in [0.25, 0.3) is 11.5 Å². The van der Waals surface area contributed by atoms with Gasteiger partial charge in [0.05, 0.1) is 6.20 Å². The molecule has 0 spiro atoms. The number of fused-ring (bicyclic) bond motifs is 1. The Labute approximate surface area is 221 Å². The van der Waals surface area contributed by atoms with E-state index in [1.165, 1.54) is 17.3 Å². The highest BCUT2D eigenvalue weighted by Crippen LogP contribution is 2.32. The molecule has 1 aliphatic carbocycles. The number of carbonyl (C=O) groups is 2. The fourth-order valence-electron chi connectivity index (χ4n) is 4.63. The van der Waals surface area contributed by atoms with Crippen LogP contribution in [0.5, 0.6) is 11.5 Å². The Morgan fingerprint density at radius 2 is 1.84 bits per heavy atom. The first-order valence-electron chi connectivity index (χ1n) is 12.6. The number of imidazole rings is 1. The van der Waals surface area contributed by atoms with E-state index in [1.807, 2.05) is 24.3 Å². The van der Waals surface area contributed by atoms with Crippen LogP contribution in [0.2, 0.25) is 0 Å². The number of hydrogen-bond acceptors (Lipinski definition) is 5. The van der Waals surface area contributed by atoms with Crippen LogP contribution in [-0.4, -0.2) is 31.9 Å². The first-order valence-corrected chi connectivity index (χ1v) is 12.6. The third-order valence-electron chi connectivity index (χ3n) is 6.79. The average Bonchev–Trinajstić information content (AvgIpc) is 3.39. The maximum Gasteiger partial charge on any atom is 0.353 e. The Balaban J connectivity index is 1.28. The highest BCUT2D eigenvalue weighted by molar-refractivity contribution is 5.93. The van der Waals surface area contributed by atoms with Crippen LogP contribution >= 0.6 is 0 Å². The van der Waals surface area contributed by atoms with Crippen molar-refractivity contribution >= 4 is 17.6 Å². The Hall–Kier alpha value is -4.46. The van der Waals surface area contributed by atoms with E-state index in [-0.39, 0.29) is 22.9 Å². The van der Waals surface area contributed by atoms with E-state index < -0.39 is 5.97 Å². The molecule has 3 N–H and O–H groups in total. The van der Waals surface area contributed by atoms with Gasteiger partial charge in [0, 0.05) is 23.9 Å². The minimum atomic E-state index is -1.09. The molecule has 1 aliphatic rings. The van der Waals surface area contributed by atoms with Gasteiger partial charge in [-0.3, -0.25) is 9.78 Å². The second-order valence-electron chi connectivity index (χ2n) is 10.6. The van der Waals surface area contributed by atoms with Crippen LogP contribution in [0.4, 0.5) is 5.69 Å². The number of carbonyl (C=O) groups excluding carboxylic acids is 1. The molecule has 8 nitrogen and oxygen atoms in total. The second-order valence-corrected chi connectivity index (χ2v) is 10.6. The lowest BCUT2D eigenvalue weighted by Crippen LogP contribution is -2.28. The molecule has 2 aromatic heterocycles. The molecule has 1 unspecified atom stereocenters. The zero-order chi connectivity index (χ0) is 26.9. The van der Waals surface area contributed by atoms with Crippen LogP contribution in [-0.2, 0) is 23.1 Å². The molecule has 2 heterocycles. The molecule has 2 aromatic carbocycles. The Bertz CT molecular complexity index is 1500. The largest absolute Gasteiger partial charge is 0.477 e. The molecule has 4 aromatic rings. The molecule has 1 atom stereocenters. The fourth-order valence-corrected chi connectivity index (χ4v) is 4.63. The van der Waals surface area contributed by atoms with E-state index in [2.05, 4.69) is 59.2 Å². The average molecular weight is 511 g/mol. The fraction of sp³-hybridized carbons (Fsp3) is 0.267. The number of amides is 1. The first-order chi connectivity index (χ1) is 18.2. The monoisotopic (exact) mass is 510 g/mol. The van der Waals surface area contributed by atoms with Gasteiger partial charge in [-0.05, 0) is 71.7 Å². The number of hydrogen-bond donors (Lipinski definition) is 3. The summed E-state index contributed by atoms with van der Waals surface area (Å²) in [5.74, 6) is 0.380. The zero-order valence-corrected chi connectivity index (χ0v) is 21.6. The molecule has 0 saturated carbocycles. The van der Waals surface area contributed by atoms with Crippen molar-refractivity contribution in [2.75, 3.05) is 5.32 Å². The highest BCUT2D eigenvalue weighted by Gasteiger charge is 2.25. The van der Waals surface area contributed by atoms with Gasteiger partial charge in [-0.2, -0.15) is 0 Å². The van der Waals surface area contributed by atoms with Crippen molar-refractivity contribution in [2.45, 2.75) is 45.4 Å². The number of anilines is 1. The molecular weight excluding hydrogens is 480 g/mol. The molecule has 0 bridgehead atoms. The summed E-state index contributed by atoms with van der Waals surface area (Å²) in [6.45, 7) is 6.47. The highest BCUT2D eigenvalue weighted by atomic mass is 16.5. The minimum Gasteiger partial charge on any atom is -0.477 e. The lowest BCUT2D eigenvalue weighted by atomic mass is 9.83. The van der Waals surface area contributed by atoms with E-state index in [4.69, 9.17) is 9.84 Å². The second kappa shape index (κ2) is 10.1. The quantitative estimate of drug-likeness (QED) is 0.293. The van der Waals surface area contributed by atoms with Crippen molar-refractivity contribution in [2.24, 2.45) is 5.92 Å². The lowest BCUT2D eigenvalue weighted by molar-refractivity contribution is -0.120. The summed E-state index contributed by atoms with van der Waals surface area (Å²) in [6, 6.07) is 17.5. The van der Waals surface area contributed by atoms with Gasteiger partial charge in [-0.1, -0.05) is 39.0 Å². The number of nitrogens with zero attached hydrogens (tertiary/aromatic N) is 2. The zero-order valence-electron chi connectivity index (χ0n) is 21.6. The molecule has 194 valence electrons. The van der Waals surface area contributed by atoms with Crippen LogP contribution in [0.3, 0.4) is 0 Å². The number of carboxylic acid groups (broad SMARTS) is 1. The van der Waals surface area contributed by atoms with Crippen LogP contribution in [0.1, 0.15) is 54.4 Å². The molecule has 0 saturated heterocycles. The number of aromatic nitrogens is 3. The van der Waals surface area contributed by atoms with E-state index in [9.17, 15) is 9.59 Å². The summed E-state index contributed by atoms with van der Waals surface area (Å²) in [5, 5.41) is 12.2. The molecule has 38 heavy (non-hydrogen) atoms. The van der Waals surface area contributed by atoms with Gasteiger partial charge in [0.2, 0.25) is 5.91 Å². The summed E-state index contributed by atoms with van der Waals surface area (Å²) in [5.41, 5.74) is 4.80. The minimum absolute atomic E-state index is 0.00979. The van der Waals surface area contributed by atoms with Gasteiger partial charge in [0.15, 0.2) is 5.82 Å². The van der Waals surface area contributed by atoms with E-state index in [0.29, 0.717) is 29.4 Å². The van der Waals surface area contributed by atoms with E-state index in [1.54, 1.807) is 18.3 Å². The number of aryl methyl sites for hydroxylation is 1. The smallest absolute Gasteiger partial charge is 0.353 e. The number of H-pyrrole nitrogens is 1. The molecular formula is C30H30N4O4. The van der Waals surface area contributed by atoms with E-state index in [0.717, 1.165) is 24.1 Å². The van der Waals surface area contributed by atoms with Gasteiger partial charge in [-0.15, -0.1) is 0 Å². The Kier molecular flexibility index (Phi) is 6.72. The molecule has 1 amide bonds.